The Hall–Kier alpha value is -2.66. The largest absolute Gasteiger partial charge is 0.274 e. The van der Waals surface area contributed by atoms with Gasteiger partial charge in [0.05, 0.1) is 11.2 Å². The van der Waals surface area contributed by atoms with Crippen LogP contribution in [0.15, 0.2) is 71.9 Å². The minimum atomic E-state index is 0.760. The first-order valence-corrected chi connectivity index (χ1v) is 8.75. The van der Waals surface area contributed by atoms with Crippen LogP contribution >= 0.6 is 11.8 Å². The Bertz CT molecular complexity index is 979. The number of hydrogen-bond acceptors (Lipinski definition) is 4. The van der Waals surface area contributed by atoms with Gasteiger partial charge in [0.2, 0.25) is 0 Å². The highest BCUT2D eigenvalue weighted by molar-refractivity contribution is 7.98. The van der Waals surface area contributed by atoms with Crippen molar-refractivity contribution in [2.45, 2.75) is 17.8 Å². The summed E-state index contributed by atoms with van der Waals surface area (Å²) in [4.78, 5) is 4.72. The van der Waals surface area contributed by atoms with Crippen LogP contribution in [-0.2, 0) is 5.75 Å². The molecular weight excluding hydrogens is 316 g/mol. The van der Waals surface area contributed by atoms with Crippen LogP contribution in [0.5, 0.6) is 0 Å². The fourth-order valence-electron chi connectivity index (χ4n) is 2.64. The van der Waals surface area contributed by atoms with Gasteiger partial charge in [-0.25, -0.2) is 0 Å². The molecule has 24 heavy (non-hydrogen) atoms. The SMILES string of the molecule is Cc1nnc(SCc2ccc3ccccc3n2)n1-c1ccccc1. The van der Waals surface area contributed by atoms with E-state index < -0.39 is 0 Å². The Balaban J connectivity index is 1.60. The molecule has 0 amide bonds. The zero-order valence-electron chi connectivity index (χ0n) is 13.3. The number of fused-ring (bicyclic) bond motifs is 1. The van der Waals surface area contributed by atoms with Gasteiger partial charge < -0.3 is 0 Å². The molecule has 118 valence electrons. The molecule has 0 aliphatic heterocycles. The van der Waals surface area contributed by atoms with Crippen molar-refractivity contribution in [1.29, 1.82) is 0 Å². The molecule has 4 rings (SSSR count). The van der Waals surface area contributed by atoms with Crippen molar-refractivity contribution in [2.75, 3.05) is 0 Å². The zero-order valence-corrected chi connectivity index (χ0v) is 14.1. The Labute approximate surface area is 144 Å². The zero-order chi connectivity index (χ0) is 16.4. The summed E-state index contributed by atoms with van der Waals surface area (Å²) in [5.74, 6) is 1.64. The van der Waals surface area contributed by atoms with E-state index in [1.165, 1.54) is 0 Å². The van der Waals surface area contributed by atoms with Crippen molar-refractivity contribution in [3.8, 4) is 5.69 Å². The van der Waals surface area contributed by atoms with Gasteiger partial charge in [0.1, 0.15) is 5.82 Å². The van der Waals surface area contributed by atoms with Crippen molar-refractivity contribution in [3.05, 3.63) is 78.2 Å². The predicted molar refractivity (Wildman–Crippen MR) is 97.4 cm³/mol. The maximum Gasteiger partial charge on any atom is 0.196 e. The molecule has 0 atom stereocenters. The van der Waals surface area contributed by atoms with E-state index in [4.69, 9.17) is 4.98 Å². The number of aromatic nitrogens is 4. The van der Waals surface area contributed by atoms with E-state index in [0.29, 0.717) is 0 Å². The summed E-state index contributed by atoms with van der Waals surface area (Å²) in [6.45, 7) is 1.97. The third-order valence-electron chi connectivity index (χ3n) is 3.81. The van der Waals surface area contributed by atoms with Crippen LogP contribution in [-0.4, -0.2) is 19.7 Å². The van der Waals surface area contributed by atoms with E-state index in [1.807, 2.05) is 43.3 Å². The van der Waals surface area contributed by atoms with Gasteiger partial charge in [-0.1, -0.05) is 54.2 Å². The molecule has 0 unspecified atom stereocenters. The molecule has 0 spiro atoms. The summed E-state index contributed by atoms with van der Waals surface area (Å²) < 4.78 is 2.08. The Kier molecular flexibility index (Phi) is 4.01. The van der Waals surface area contributed by atoms with Crippen molar-refractivity contribution in [1.82, 2.24) is 19.7 Å². The van der Waals surface area contributed by atoms with Crippen molar-refractivity contribution >= 4 is 22.7 Å². The number of benzene rings is 2. The monoisotopic (exact) mass is 332 g/mol. The molecule has 2 aromatic carbocycles. The molecule has 4 nitrogen and oxygen atoms in total. The molecule has 4 aromatic rings. The van der Waals surface area contributed by atoms with Gasteiger partial charge in [0, 0.05) is 16.8 Å². The summed E-state index contributed by atoms with van der Waals surface area (Å²) in [5, 5.41) is 10.6. The molecule has 0 bridgehead atoms. The van der Waals surface area contributed by atoms with E-state index in [0.717, 1.165) is 39.0 Å². The molecule has 0 radical (unpaired) electrons. The van der Waals surface area contributed by atoms with Gasteiger partial charge in [-0.15, -0.1) is 10.2 Å². The Morgan fingerprint density at radius 1 is 0.875 bits per heavy atom. The first-order chi connectivity index (χ1) is 11.8. The average molecular weight is 332 g/mol. The molecule has 0 saturated carbocycles. The van der Waals surface area contributed by atoms with Crippen LogP contribution in [0.4, 0.5) is 0 Å². The fourth-order valence-corrected chi connectivity index (χ4v) is 3.54. The maximum atomic E-state index is 4.72. The third kappa shape index (κ3) is 2.90. The van der Waals surface area contributed by atoms with Crippen molar-refractivity contribution in [2.24, 2.45) is 0 Å². The van der Waals surface area contributed by atoms with E-state index in [1.54, 1.807) is 11.8 Å². The number of para-hydroxylation sites is 2. The van der Waals surface area contributed by atoms with Crippen molar-refractivity contribution in [3.63, 3.8) is 0 Å². The molecule has 2 heterocycles. The third-order valence-corrected chi connectivity index (χ3v) is 4.78. The molecule has 0 aliphatic carbocycles. The smallest absolute Gasteiger partial charge is 0.196 e. The Morgan fingerprint density at radius 2 is 1.67 bits per heavy atom. The van der Waals surface area contributed by atoms with Gasteiger partial charge in [-0.2, -0.15) is 0 Å². The quantitative estimate of drug-likeness (QED) is 0.519. The van der Waals surface area contributed by atoms with Gasteiger partial charge in [-0.05, 0) is 31.2 Å². The lowest BCUT2D eigenvalue weighted by Gasteiger charge is -2.08. The molecule has 0 saturated heterocycles. The average Bonchev–Trinajstić information content (AvgIpc) is 3.01. The number of aryl methyl sites for hydroxylation is 1. The first-order valence-electron chi connectivity index (χ1n) is 7.76. The van der Waals surface area contributed by atoms with Crippen molar-refractivity contribution < 1.29 is 0 Å². The molecule has 0 N–H and O–H groups in total. The normalized spacial score (nSPS) is 11.0. The van der Waals surface area contributed by atoms with E-state index in [2.05, 4.69) is 45.1 Å². The lowest BCUT2D eigenvalue weighted by Crippen LogP contribution is -1.99. The topological polar surface area (TPSA) is 43.6 Å². The summed E-state index contributed by atoms with van der Waals surface area (Å²) in [7, 11) is 0. The molecular formula is C19H16N4S. The minimum absolute atomic E-state index is 0.760. The lowest BCUT2D eigenvalue weighted by molar-refractivity contribution is 0.868. The number of thioether (sulfide) groups is 1. The van der Waals surface area contributed by atoms with Crippen LogP contribution in [0.2, 0.25) is 0 Å². The summed E-state index contributed by atoms with van der Waals surface area (Å²) in [6, 6.07) is 22.5. The van der Waals surface area contributed by atoms with E-state index >= 15 is 0 Å². The molecule has 0 aliphatic rings. The van der Waals surface area contributed by atoms with Gasteiger partial charge in [-0.3, -0.25) is 9.55 Å². The number of hydrogen-bond donors (Lipinski definition) is 0. The molecule has 2 aromatic heterocycles. The second-order valence-electron chi connectivity index (χ2n) is 5.48. The van der Waals surface area contributed by atoms with Gasteiger partial charge >= 0.3 is 0 Å². The standard InChI is InChI=1S/C19H16N4S/c1-14-21-22-19(23(14)17-8-3-2-4-9-17)24-13-16-12-11-15-7-5-6-10-18(15)20-16/h2-12H,13H2,1H3. The predicted octanol–water partition coefficient (Wildman–Crippen LogP) is 4.42. The fraction of sp³-hybridized carbons (Fsp3) is 0.105. The Morgan fingerprint density at radius 3 is 2.54 bits per heavy atom. The van der Waals surface area contributed by atoms with E-state index in [9.17, 15) is 0 Å². The number of rotatable bonds is 4. The van der Waals surface area contributed by atoms with Gasteiger partial charge in [0.25, 0.3) is 0 Å². The maximum absolute atomic E-state index is 4.72. The van der Waals surface area contributed by atoms with Crippen LogP contribution < -0.4 is 0 Å². The second kappa shape index (κ2) is 6.45. The van der Waals surface area contributed by atoms with Crippen LogP contribution in [0.3, 0.4) is 0 Å². The summed E-state index contributed by atoms with van der Waals surface area (Å²) >= 11 is 1.65. The van der Waals surface area contributed by atoms with Crippen LogP contribution in [0, 0.1) is 6.92 Å². The van der Waals surface area contributed by atoms with E-state index in [-0.39, 0.29) is 0 Å². The lowest BCUT2D eigenvalue weighted by atomic mass is 10.2. The first kappa shape index (κ1) is 14.9. The number of pyridine rings is 1. The summed E-state index contributed by atoms with van der Waals surface area (Å²) in [6.07, 6.45) is 0. The molecule has 0 fully saturated rings. The minimum Gasteiger partial charge on any atom is -0.274 e. The second-order valence-corrected chi connectivity index (χ2v) is 6.43. The highest BCUT2D eigenvalue weighted by atomic mass is 32.2. The molecule has 5 heteroatoms. The number of nitrogens with zero attached hydrogens (tertiary/aromatic N) is 4. The van der Waals surface area contributed by atoms with Gasteiger partial charge in [0.15, 0.2) is 5.16 Å². The van der Waals surface area contributed by atoms with Crippen LogP contribution in [0.25, 0.3) is 16.6 Å². The highest BCUT2D eigenvalue weighted by Crippen LogP contribution is 2.25. The van der Waals surface area contributed by atoms with Crippen LogP contribution in [0.1, 0.15) is 11.5 Å². The summed E-state index contributed by atoms with van der Waals surface area (Å²) in [5.41, 5.74) is 3.14. The highest BCUT2D eigenvalue weighted by Gasteiger charge is 2.11.